The summed E-state index contributed by atoms with van der Waals surface area (Å²) in [7, 11) is 0. The Morgan fingerprint density at radius 1 is 1.00 bits per heavy atom. The van der Waals surface area contributed by atoms with Crippen LogP contribution in [0.5, 0.6) is 0 Å². The molecule has 1 aliphatic carbocycles. The molecule has 2 aromatic carbocycles. The Kier molecular flexibility index (Phi) is 8.18. The van der Waals surface area contributed by atoms with Gasteiger partial charge in [0, 0.05) is 12.6 Å². The van der Waals surface area contributed by atoms with Crippen LogP contribution in [-0.4, -0.2) is 29.0 Å². The molecule has 0 radical (unpaired) electrons. The Labute approximate surface area is 216 Å². The van der Waals surface area contributed by atoms with Crippen molar-refractivity contribution in [3.63, 3.8) is 0 Å². The van der Waals surface area contributed by atoms with Crippen LogP contribution in [0.25, 0.3) is 6.08 Å². The smallest absolute Gasteiger partial charge is 0.416 e. The van der Waals surface area contributed by atoms with Crippen LogP contribution >= 0.6 is 0 Å². The van der Waals surface area contributed by atoms with E-state index in [0.717, 1.165) is 16.7 Å². The van der Waals surface area contributed by atoms with Gasteiger partial charge in [-0.25, -0.2) is 4.79 Å². The fourth-order valence-corrected chi connectivity index (χ4v) is 4.33. The van der Waals surface area contributed by atoms with E-state index in [2.05, 4.69) is 0 Å². The highest BCUT2D eigenvalue weighted by atomic mass is 19.4. The van der Waals surface area contributed by atoms with Crippen molar-refractivity contribution in [1.82, 2.24) is 4.90 Å². The van der Waals surface area contributed by atoms with Gasteiger partial charge >= 0.3 is 18.4 Å². The number of nitrogens with zero attached hydrogens (tertiary/aromatic N) is 1. The minimum atomic E-state index is -4.97. The van der Waals surface area contributed by atoms with Gasteiger partial charge in [-0.05, 0) is 86.6 Å². The van der Waals surface area contributed by atoms with E-state index in [0.29, 0.717) is 25.0 Å². The maximum atomic E-state index is 13.3. The molecule has 0 saturated heterocycles. The number of hydrogen-bond donors (Lipinski definition) is 1. The van der Waals surface area contributed by atoms with E-state index < -0.39 is 47.1 Å². The maximum absolute atomic E-state index is 13.3. The maximum Gasteiger partial charge on any atom is 0.416 e. The van der Waals surface area contributed by atoms with Crippen molar-refractivity contribution in [3.05, 3.63) is 75.9 Å². The zero-order valence-electron chi connectivity index (χ0n) is 21.0. The number of halogens is 6. The van der Waals surface area contributed by atoms with Gasteiger partial charge in [-0.3, -0.25) is 4.79 Å². The molecule has 1 aliphatic rings. The molecule has 0 bridgehead atoms. The van der Waals surface area contributed by atoms with Crippen molar-refractivity contribution in [3.8, 4) is 0 Å². The SMILES string of the molecule is CC(C)(C)OC(=O)N(CCc1cc(C(F)(F)F)cc(C(F)(F)F)c1)C1CCc2cc(/C=C/C(N)=O)ccc21. The number of nitrogens with two attached hydrogens (primary N) is 1. The molecule has 0 spiro atoms. The summed E-state index contributed by atoms with van der Waals surface area (Å²) < 4.78 is 85.4. The molecule has 0 aromatic heterocycles. The van der Waals surface area contributed by atoms with Crippen LogP contribution in [0.1, 0.15) is 66.6 Å². The first kappa shape index (κ1) is 29.1. The monoisotopic (exact) mass is 542 g/mol. The number of amides is 2. The molecule has 1 unspecified atom stereocenters. The Hall–Kier alpha value is -3.50. The van der Waals surface area contributed by atoms with E-state index in [1.54, 1.807) is 39.0 Å². The Balaban J connectivity index is 1.94. The molecular formula is C27H28F6N2O3. The number of carbonyl (C=O) groups excluding carboxylic acids is 2. The number of aryl methyl sites for hydroxylation is 1. The van der Waals surface area contributed by atoms with Gasteiger partial charge in [-0.1, -0.05) is 18.2 Å². The standard InChI is InChI=1S/C27H28F6N2O3/c1-25(2,3)38-24(37)35(22-8-6-18-12-16(4-7-21(18)22)5-9-23(34)36)11-10-17-13-19(26(28,29)30)15-20(14-17)27(31,32)33/h4-5,7,9,12-15,22H,6,8,10-11H2,1-3H3,(H2,34,36)/b9-5+. The average Bonchev–Trinajstić information content (AvgIpc) is 3.18. The molecule has 5 nitrogen and oxygen atoms in total. The third kappa shape index (κ3) is 7.52. The highest BCUT2D eigenvalue weighted by Gasteiger charge is 2.38. The number of ether oxygens (including phenoxy) is 1. The highest BCUT2D eigenvalue weighted by Crippen LogP contribution is 2.39. The number of carbonyl (C=O) groups is 2. The van der Waals surface area contributed by atoms with Gasteiger partial charge in [0.25, 0.3) is 0 Å². The Morgan fingerprint density at radius 2 is 1.61 bits per heavy atom. The molecule has 0 aliphatic heterocycles. The largest absolute Gasteiger partial charge is 0.444 e. The van der Waals surface area contributed by atoms with Crippen molar-refractivity contribution in [2.45, 2.75) is 64.0 Å². The zero-order valence-corrected chi connectivity index (χ0v) is 21.0. The van der Waals surface area contributed by atoms with Crippen molar-refractivity contribution in [2.75, 3.05) is 6.54 Å². The predicted molar refractivity (Wildman–Crippen MR) is 129 cm³/mol. The lowest BCUT2D eigenvalue weighted by atomic mass is 10.0. The molecule has 2 N–H and O–H groups in total. The minimum Gasteiger partial charge on any atom is -0.444 e. The van der Waals surface area contributed by atoms with Gasteiger partial charge in [-0.15, -0.1) is 0 Å². The first-order chi connectivity index (χ1) is 17.4. The van der Waals surface area contributed by atoms with Crippen molar-refractivity contribution in [2.24, 2.45) is 5.73 Å². The molecule has 1 atom stereocenters. The molecule has 3 rings (SSSR count). The predicted octanol–water partition coefficient (Wildman–Crippen LogP) is 6.69. The summed E-state index contributed by atoms with van der Waals surface area (Å²) in [5, 5.41) is 0. The fourth-order valence-electron chi connectivity index (χ4n) is 4.33. The lowest BCUT2D eigenvalue weighted by Crippen LogP contribution is -2.40. The van der Waals surface area contributed by atoms with E-state index in [4.69, 9.17) is 10.5 Å². The lowest BCUT2D eigenvalue weighted by Gasteiger charge is -2.32. The zero-order chi connectivity index (χ0) is 28.5. The first-order valence-electron chi connectivity index (χ1n) is 11.8. The molecule has 11 heteroatoms. The third-order valence-electron chi connectivity index (χ3n) is 5.95. The molecule has 0 saturated carbocycles. The second-order valence-electron chi connectivity index (χ2n) is 10.1. The van der Waals surface area contributed by atoms with E-state index >= 15 is 0 Å². The number of alkyl halides is 6. The molecule has 38 heavy (non-hydrogen) atoms. The van der Waals surface area contributed by atoms with Crippen LogP contribution < -0.4 is 5.73 Å². The molecule has 0 fully saturated rings. The van der Waals surface area contributed by atoms with Crippen LogP contribution in [0.2, 0.25) is 0 Å². The van der Waals surface area contributed by atoms with Gasteiger partial charge in [0.2, 0.25) is 5.91 Å². The number of benzene rings is 2. The highest BCUT2D eigenvalue weighted by molar-refractivity contribution is 5.90. The van der Waals surface area contributed by atoms with Gasteiger partial charge in [-0.2, -0.15) is 26.3 Å². The summed E-state index contributed by atoms with van der Waals surface area (Å²) >= 11 is 0. The normalized spacial score (nSPS) is 16.0. The van der Waals surface area contributed by atoms with Crippen LogP contribution in [0, 0.1) is 0 Å². The third-order valence-corrected chi connectivity index (χ3v) is 5.95. The quantitative estimate of drug-likeness (QED) is 0.327. The summed E-state index contributed by atoms with van der Waals surface area (Å²) in [6.45, 7) is 4.81. The van der Waals surface area contributed by atoms with Crippen LogP contribution in [0.3, 0.4) is 0 Å². The van der Waals surface area contributed by atoms with Crippen molar-refractivity contribution >= 4 is 18.1 Å². The van der Waals surface area contributed by atoms with Crippen LogP contribution in [0.15, 0.2) is 42.5 Å². The van der Waals surface area contributed by atoms with Gasteiger partial charge in [0.15, 0.2) is 0 Å². The Morgan fingerprint density at radius 3 is 2.13 bits per heavy atom. The number of hydrogen-bond acceptors (Lipinski definition) is 3. The van der Waals surface area contributed by atoms with Crippen molar-refractivity contribution in [1.29, 1.82) is 0 Å². The van der Waals surface area contributed by atoms with Gasteiger partial charge in [0.05, 0.1) is 17.2 Å². The molecule has 2 amide bonds. The summed E-state index contributed by atoms with van der Waals surface area (Å²) in [6, 6.07) is 6.26. The molecule has 206 valence electrons. The van der Waals surface area contributed by atoms with Gasteiger partial charge < -0.3 is 15.4 Å². The summed E-state index contributed by atoms with van der Waals surface area (Å²) in [6.07, 6.45) is -7.10. The van der Waals surface area contributed by atoms with E-state index in [1.807, 2.05) is 6.07 Å². The second-order valence-corrected chi connectivity index (χ2v) is 10.1. The summed E-state index contributed by atoms with van der Waals surface area (Å²) in [4.78, 5) is 25.5. The van der Waals surface area contributed by atoms with E-state index in [9.17, 15) is 35.9 Å². The minimum absolute atomic E-state index is 0.0760. The summed E-state index contributed by atoms with van der Waals surface area (Å²) in [5.74, 6) is -0.609. The van der Waals surface area contributed by atoms with Crippen molar-refractivity contribution < 1.29 is 40.7 Å². The fraction of sp³-hybridized carbons (Fsp3) is 0.407. The number of rotatable bonds is 6. The number of fused-ring (bicyclic) bond motifs is 1. The lowest BCUT2D eigenvalue weighted by molar-refractivity contribution is -0.143. The molecule has 2 aromatic rings. The topological polar surface area (TPSA) is 72.6 Å². The van der Waals surface area contributed by atoms with E-state index in [-0.39, 0.29) is 24.6 Å². The van der Waals surface area contributed by atoms with Crippen LogP contribution in [-0.2, 0) is 34.7 Å². The average molecular weight is 543 g/mol. The van der Waals surface area contributed by atoms with Gasteiger partial charge in [0.1, 0.15) is 5.60 Å². The van der Waals surface area contributed by atoms with E-state index in [1.165, 1.54) is 11.0 Å². The Bertz CT molecular complexity index is 1200. The summed E-state index contributed by atoms with van der Waals surface area (Å²) in [5.41, 5.74) is 3.64. The number of primary amides is 1. The first-order valence-corrected chi connectivity index (χ1v) is 11.8. The molecule has 0 heterocycles. The molecular weight excluding hydrogens is 514 g/mol. The second kappa shape index (κ2) is 10.7. The van der Waals surface area contributed by atoms with Crippen LogP contribution in [0.4, 0.5) is 31.1 Å².